The van der Waals surface area contributed by atoms with Gasteiger partial charge in [-0.15, -0.1) is 0 Å². The first-order chi connectivity index (χ1) is 14.7. The van der Waals surface area contributed by atoms with Gasteiger partial charge in [0.05, 0.1) is 13.2 Å². The molecule has 0 saturated carbocycles. The zero-order chi connectivity index (χ0) is 21.0. The minimum absolute atomic E-state index is 0.00811. The molecule has 0 bridgehead atoms. The topological polar surface area (TPSA) is 40.5 Å². The summed E-state index contributed by atoms with van der Waals surface area (Å²) in [5, 5.41) is 25.5. The molecule has 0 saturated heterocycles. The van der Waals surface area contributed by atoms with Crippen molar-refractivity contribution in [2.45, 2.75) is 26.2 Å². The van der Waals surface area contributed by atoms with Crippen LogP contribution in [0.5, 0.6) is 0 Å². The summed E-state index contributed by atoms with van der Waals surface area (Å²) in [5.74, 6) is 0.139. The first-order valence-corrected chi connectivity index (χ1v) is 10.8. The predicted octanol–water partition coefficient (Wildman–Crippen LogP) is 5.78. The molecule has 2 heteroatoms. The Morgan fingerprint density at radius 1 is 0.633 bits per heavy atom. The molecular formula is C28H30O2. The van der Waals surface area contributed by atoms with Crippen molar-refractivity contribution in [3.05, 3.63) is 96.1 Å². The fourth-order valence-electron chi connectivity index (χ4n) is 4.63. The van der Waals surface area contributed by atoms with Gasteiger partial charge in [0.15, 0.2) is 0 Å². The quantitative estimate of drug-likeness (QED) is 0.395. The number of benzene rings is 4. The molecule has 154 valence electrons. The summed E-state index contributed by atoms with van der Waals surface area (Å²) < 4.78 is 0. The van der Waals surface area contributed by atoms with Crippen LogP contribution in [0.2, 0.25) is 0 Å². The highest BCUT2D eigenvalue weighted by molar-refractivity contribution is 5.83. The molecule has 0 aliphatic rings. The molecule has 0 heterocycles. The predicted molar refractivity (Wildman–Crippen MR) is 126 cm³/mol. The third-order valence-corrected chi connectivity index (χ3v) is 6.79. The molecule has 0 atom stereocenters. The van der Waals surface area contributed by atoms with Crippen molar-refractivity contribution in [1.82, 2.24) is 0 Å². The second-order valence-corrected chi connectivity index (χ2v) is 8.50. The Morgan fingerprint density at radius 2 is 1.07 bits per heavy atom. The van der Waals surface area contributed by atoms with Crippen molar-refractivity contribution in [2.75, 3.05) is 13.2 Å². The molecule has 30 heavy (non-hydrogen) atoms. The minimum atomic E-state index is -0.503. The summed E-state index contributed by atoms with van der Waals surface area (Å²) in [6.45, 7) is 2.05. The highest BCUT2D eigenvalue weighted by Gasteiger charge is 2.36. The second kappa shape index (κ2) is 8.99. The van der Waals surface area contributed by atoms with Gasteiger partial charge in [0.2, 0.25) is 0 Å². The number of hydrogen-bond donors (Lipinski definition) is 2. The Morgan fingerprint density at radius 3 is 1.47 bits per heavy atom. The van der Waals surface area contributed by atoms with Crippen LogP contribution in [0, 0.1) is 11.3 Å². The van der Waals surface area contributed by atoms with Crippen LogP contribution in [-0.4, -0.2) is 23.4 Å². The van der Waals surface area contributed by atoms with E-state index in [9.17, 15) is 10.2 Å². The van der Waals surface area contributed by atoms with Crippen molar-refractivity contribution < 1.29 is 10.2 Å². The summed E-state index contributed by atoms with van der Waals surface area (Å²) in [4.78, 5) is 0. The standard InChI is InChI=1S/C28H30O2/c1-2-28(19-29,20-30)27(17-21-11-13-23-7-3-5-9-25(23)15-21)18-22-12-14-24-8-4-6-10-26(24)16-22/h3-16,27,29-30H,2,17-20H2,1H3. The molecule has 4 rings (SSSR count). The van der Waals surface area contributed by atoms with E-state index in [0.29, 0.717) is 0 Å². The molecule has 0 amide bonds. The molecular weight excluding hydrogens is 368 g/mol. The largest absolute Gasteiger partial charge is 0.396 e. The highest BCUT2D eigenvalue weighted by atomic mass is 16.3. The van der Waals surface area contributed by atoms with Crippen LogP contribution in [0.25, 0.3) is 21.5 Å². The molecule has 4 aromatic rings. The van der Waals surface area contributed by atoms with Crippen LogP contribution >= 0.6 is 0 Å². The Bertz CT molecular complexity index is 1040. The normalized spacial score (nSPS) is 12.1. The first kappa shape index (κ1) is 20.6. The molecule has 0 spiro atoms. The lowest BCUT2D eigenvalue weighted by atomic mass is 9.69. The summed E-state index contributed by atoms with van der Waals surface area (Å²) >= 11 is 0. The van der Waals surface area contributed by atoms with E-state index in [4.69, 9.17) is 0 Å². The zero-order valence-corrected chi connectivity index (χ0v) is 17.6. The molecule has 0 unspecified atom stereocenters. The van der Waals surface area contributed by atoms with Gasteiger partial charge in [-0.1, -0.05) is 91.9 Å². The van der Waals surface area contributed by atoms with E-state index in [1.54, 1.807) is 0 Å². The number of hydrogen-bond acceptors (Lipinski definition) is 2. The van der Waals surface area contributed by atoms with Crippen molar-refractivity contribution in [3.8, 4) is 0 Å². The Balaban J connectivity index is 1.69. The number of aliphatic hydroxyl groups excluding tert-OH is 2. The van der Waals surface area contributed by atoms with E-state index < -0.39 is 5.41 Å². The monoisotopic (exact) mass is 398 g/mol. The average Bonchev–Trinajstić information content (AvgIpc) is 2.80. The van der Waals surface area contributed by atoms with Crippen LogP contribution in [0.1, 0.15) is 24.5 Å². The van der Waals surface area contributed by atoms with E-state index in [-0.39, 0.29) is 19.1 Å². The van der Waals surface area contributed by atoms with Crippen molar-refractivity contribution in [2.24, 2.45) is 11.3 Å². The maximum Gasteiger partial charge on any atom is 0.0512 e. The maximum atomic E-state index is 10.3. The molecule has 2 nitrogen and oxygen atoms in total. The summed E-state index contributed by atoms with van der Waals surface area (Å²) in [5.41, 5.74) is 2.00. The Hall–Kier alpha value is -2.68. The molecule has 2 N–H and O–H groups in total. The van der Waals surface area contributed by atoms with Gasteiger partial charge in [0.25, 0.3) is 0 Å². The van der Waals surface area contributed by atoms with Crippen molar-refractivity contribution in [1.29, 1.82) is 0 Å². The minimum Gasteiger partial charge on any atom is -0.396 e. The molecule has 0 aliphatic carbocycles. The molecule has 0 aromatic heterocycles. The van der Waals surface area contributed by atoms with Crippen LogP contribution in [0.4, 0.5) is 0 Å². The van der Waals surface area contributed by atoms with Crippen LogP contribution in [0.15, 0.2) is 84.9 Å². The van der Waals surface area contributed by atoms with Crippen molar-refractivity contribution >= 4 is 21.5 Å². The Labute approximate surface area is 178 Å². The van der Waals surface area contributed by atoms with E-state index >= 15 is 0 Å². The molecule has 0 aliphatic heterocycles. The smallest absolute Gasteiger partial charge is 0.0512 e. The van der Waals surface area contributed by atoms with Gasteiger partial charge in [-0.25, -0.2) is 0 Å². The third-order valence-electron chi connectivity index (χ3n) is 6.79. The lowest BCUT2D eigenvalue weighted by Gasteiger charge is -2.38. The average molecular weight is 399 g/mol. The van der Waals surface area contributed by atoms with Gasteiger partial charge in [0, 0.05) is 5.41 Å². The lowest BCUT2D eigenvalue weighted by Crippen LogP contribution is -2.40. The van der Waals surface area contributed by atoms with Crippen LogP contribution in [-0.2, 0) is 12.8 Å². The van der Waals surface area contributed by atoms with Gasteiger partial charge in [0.1, 0.15) is 0 Å². The fourth-order valence-corrected chi connectivity index (χ4v) is 4.63. The van der Waals surface area contributed by atoms with Gasteiger partial charge in [-0.2, -0.15) is 0 Å². The zero-order valence-electron chi connectivity index (χ0n) is 17.6. The first-order valence-electron chi connectivity index (χ1n) is 10.8. The Kier molecular flexibility index (Phi) is 6.17. The van der Waals surface area contributed by atoms with Crippen LogP contribution < -0.4 is 0 Å². The third kappa shape index (κ3) is 4.12. The van der Waals surface area contributed by atoms with Gasteiger partial charge in [-0.3, -0.25) is 0 Å². The SMILES string of the molecule is CCC(CO)(CO)C(Cc1ccc2ccccc2c1)Cc1ccc2ccccc2c1. The fraction of sp³-hybridized carbons (Fsp3) is 0.286. The number of rotatable bonds is 8. The molecule has 4 aromatic carbocycles. The van der Waals surface area contributed by atoms with Gasteiger partial charge in [-0.05, 0) is 57.9 Å². The number of fused-ring (bicyclic) bond motifs is 2. The highest BCUT2D eigenvalue weighted by Crippen LogP contribution is 2.37. The van der Waals surface area contributed by atoms with E-state index in [1.807, 2.05) is 0 Å². The summed E-state index contributed by atoms with van der Waals surface area (Å²) in [6, 6.07) is 30.0. The van der Waals surface area contributed by atoms with E-state index in [1.165, 1.54) is 32.7 Å². The van der Waals surface area contributed by atoms with Crippen molar-refractivity contribution in [3.63, 3.8) is 0 Å². The van der Waals surface area contributed by atoms with Gasteiger partial charge < -0.3 is 10.2 Å². The van der Waals surface area contributed by atoms with E-state index in [2.05, 4.69) is 91.9 Å². The van der Waals surface area contributed by atoms with Gasteiger partial charge >= 0.3 is 0 Å². The maximum absolute atomic E-state index is 10.3. The molecule has 0 radical (unpaired) electrons. The molecule has 0 fully saturated rings. The number of aliphatic hydroxyl groups is 2. The lowest BCUT2D eigenvalue weighted by molar-refractivity contribution is 0.0000235. The second-order valence-electron chi connectivity index (χ2n) is 8.50. The van der Waals surface area contributed by atoms with Crippen LogP contribution in [0.3, 0.4) is 0 Å². The van der Waals surface area contributed by atoms with E-state index in [0.717, 1.165) is 19.3 Å². The summed E-state index contributed by atoms with van der Waals surface area (Å²) in [7, 11) is 0. The summed E-state index contributed by atoms with van der Waals surface area (Å²) in [6.07, 6.45) is 2.39.